The zero-order valence-corrected chi connectivity index (χ0v) is 11.6. The number of esters is 1. The minimum absolute atomic E-state index is 0.290. The number of rotatable bonds is 6. The predicted octanol–water partition coefficient (Wildman–Crippen LogP) is 1.36. The van der Waals surface area contributed by atoms with Crippen LogP contribution < -0.4 is 5.32 Å². The summed E-state index contributed by atoms with van der Waals surface area (Å²) in [5.74, 6) is -7.44. The second-order valence-corrected chi connectivity index (χ2v) is 4.45. The maximum absolute atomic E-state index is 14.0. The third kappa shape index (κ3) is 3.11. The quantitative estimate of drug-likeness (QED) is 0.465. The lowest BCUT2D eigenvalue weighted by molar-refractivity contribution is -0.350. The molecule has 0 unspecified atom stereocenters. The van der Waals surface area contributed by atoms with Crippen LogP contribution >= 0.6 is 0 Å². The fourth-order valence-corrected chi connectivity index (χ4v) is 1.98. The van der Waals surface area contributed by atoms with E-state index in [9.17, 15) is 36.6 Å². The molecule has 0 aromatic heterocycles. The van der Waals surface area contributed by atoms with Gasteiger partial charge in [0.2, 0.25) is 6.41 Å². The van der Waals surface area contributed by atoms with Crippen LogP contribution in [-0.4, -0.2) is 42.7 Å². The van der Waals surface area contributed by atoms with Crippen molar-refractivity contribution in [2.24, 2.45) is 0 Å². The summed E-state index contributed by atoms with van der Waals surface area (Å²) in [7, 11) is 0.707. The van der Waals surface area contributed by atoms with Crippen LogP contribution in [0.25, 0.3) is 0 Å². The second-order valence-electron chi connectivity index (χ2n) is 4.45. The molecule has 1 rings (SSSR count). The van der Waals surface area contributed by atoms with Gasteiger partial charge in [0.15, 0.2) is 11.6 Å². The first-order valence-corrected chi connectivity index (χ1v) is 6.04. The molecule has 23 heavy (non-hydrogen) atoms. The Kier molecular flexibility index (Phi) is 5.31. The third-order valence-electron chi connectivity index (χ3n) is 3.14. The Morgan fingerprint density at radius 3 is 2.13 bits per heavy atom. The Labute approximate surface area is 127 Å². The van der Waals surface area contributed by atoms with Crippen molar-refractivity contribution in [1.29, 1.82) is 0 Å². The first-order chi connectivity index (χ1) is 10.5. The molecular formula is C13H12F5NO4. The van der Waals surface area contributed by atoms with Gasteiger partial charge in [-0.15, -0.1) is 0 Å². The molecule has 0 radical (unpaired) electrons. The van der Waals surface area contributed by atoms with Gasteiger partial charge in [-0.25, -0.2) is 4.79 Å². The van der Waals surface area contributed by atoms with Gasteiger partial charge < -0.3 is 15.2 Å². The second kappa shape index (κ2) is 6.49. The fraction of sp³-hybridized carbons (Fsp3) is 0.385. The highest BCUT2D eigenvalue weighted by atomic mass is 19.4. The number of aliphatic hydroxyl groups is 1. The van der Waals surface area contributed by atoms with Gasteiger partial charge in [-0.05, 0) is 5.56 Å². The molecule has 0 aliphatic rings. The predicted molar refractivity (Wildman–Crippen MR) is 66.3 cm³/mol. The van der Waals surface area contributed by atoms with Crippen molar-refractivity contribution in [1.82, 2.24) is 5.32 Å². The molecule has 0 saturated carbocycles. The molecule has 1 amide bonds. The summed E-state index contributed by atoms with van der Waals surface area (Å²) in [5.41, 5.74) is -5.03. The lowest BCUT2D eigenvalue weighted by Crippen LogP contribution is -2.66. The minimum atomic E-state index is -6.20. The highest BCUT2D eigenvalue weighted by molar-refractivity contribution is 5.80. The Morgan fingerprint density at radius 2 is 1.74 bits per heavy atom. The molecule has 2 atom stereocenters. The van der Waals surface area contributed by atoms with Crippen LogP contribution in [0, 0.1) is 0 Å². The molecular weight excluding hydrogens is 329 g/mol. The van der Waals surface area contributed by atoms with Crippen LogP contribution in [0.5, 0.6) is 0 Å². The van der Waals surface area contributed by atoms with Crippen LogP contribution in [0.15, 0.2) is 30.3 Å². The number of hydrogen-bond acceptors (Lipinski definition) is 4. The van der Waals surface area contributed by atoms with Crippen molar-refractivity contribution in [2.45, 2.75) is 23.7 Å². The Balaban J connectivity index is 3.67. The van der Waals surface area contributed by atoms with E-state index in [1.807, 2.05) is 0 Å². The SMILES string of the molecule is COC(=O)[C@H](NC=O)[C@](O)(c1ccccc1)C(F)(F)C(F)(F)F. The van der Waals surface area contributed by atoms with Crippen molar-refractivity contribution in [2.75, 3.05) is 7.11 Å². The number of halogens is 5. The van der Waals surface area contributed by atoms with E-state index in [4.69, 9.17) is 0 Å². The van der Waals surface area contributed by atoms with E-state index in [0.717, 1.165) is 24.3 Å². The van der Waals surface area contributed by atoms with E-state index in [2.05, 4.69) is 4.74 Å². The first-order valence-electron chi connectivity index (χ1n) is 6.04. The molecule has 0 bridgehead atoms. The molecule has 2 N–H and O–H groups in total. The molecule has 1 aromatic rings. The molecule has 0 aliphatic heterocycles. The van der Waals surface area contributed by atoms with Crippen molar-refractivity contribution in [3.8, 4) is 0 Å². The Bertz CT molecular complexity index is 563. The summed E-state index contributed by atoms with van der Waals surface area (Å²) in [6.07, 6.45) is -6.49. The zero-order valence-electron chi connectivity index (χ0n) is 11.6. The molecule has 0 fully saturated rings. The van der Waals surface area contributed by atoms with Crippen LogP contribution in [0.4, 0.5) is 22.0 Å². The summed E-state index contributed by atoms with van der Waals surface area (Å²) in [6.45, 7) is 0. The van der Waals surface area contributed by atoms with Gasteiger partial charge in [0.25, 0.3) is 0 Å². The zero-order chi connectivity index (χ0) is 17.9. The summed E-state index contributed by atoms with van der Waals surface area (Å²) in [4.78, 5) is 22.1. The topological polar surface area (TPSA) is 75.6 Å². The van der Waals surface area contributed by atoms with E-state index in [1.54, 1.807) is 0 Å². The smallest absolute Gasteiger partial charge is 0.456 e. The van der Waals surface area contributed by atoms with Gasteiger partial charge >= 0.3 is 18.1 Å². The van der Waals surface area contributed by atoms with E-state index >= 15 is 0 Å². The normalized spacial score (nSPS) is 16.1. The van der Waals surface area contributed by atoms with Crippen molar-refractivity contribution in [3.05, 3.63) is 35.9 Å². The van der Waals surface area contributed by atoms with Crippen molar-refractivity contribution in [3.63, 3.8) is 0 Å². The summed E-state index contributed by atoms with van der Waals surface area (Å²) >= 11 is 0. The monoisotopic (exact) mass is 341 g/mol. The van der Waals surface area contributed by atoms with E-state index in [0.29, 0.717) is 7.11 Å². The van der Waals surface area contributed by atoms with E-state index in [1.165, 1.54) is 11.4 Å². The lowest BCUT2D eigenvalue weighted by Gasteiger charge is -2.40. The number of amides is 1. The number of ether oxygens (including phenoxy) is 1. The van der Waals surface area contributed by atoms with Gasteiger partial charge in [-0.3, -0.25) is 4.79 Å². The summed E-state index contributed by atoms with van der Waals surface area (Å²) in [6, 6.07) is 2.31. The molecule has 0 heterocycles. The average molecular weight is 341 g/mol. The molecule has 5 nitrogen and oxygen atoms in total. The first kappa shape index (κ1) is 18.8. The van der Waals surface area contributed by atoms with Gasteiger partial charge in [0.05, 0.1) is 7.11 Å². The highest BCUT2D eigenvalue weighted by Crippen LogP contribution is 2.50. The lowest BCUT2D eigenvalue weighted by atomic mass is 9.80. The maximum atomic E-state index is 14.0. The number of hydrogen-bond donors (Lipinski definition) is 2. The Morgan fingerprint density at radius 1 is 1.22 bits per heavy atom. The van der Waals surface area contributed by atoms with E-state index in [-0.39, 0.29) is 6.41 Å². The number of nitrogens with one attached hydrogen (secondary N) is 1. The number of methoxy groups -OCH3 is 1. The van der Waals surface area contributed by atoms with Gasteiger partial charge in [0.1, 0.15) is 0 Å². The summed E-state index contributed by atoms with van der Waals surface area (Å²) < 4.78 is 70.5. The summed E-state index contributed by atoms with van der Waals surface area (Å²) in [5, 5.41) is 11.7. The average Bonchev–Trinajstić information content (AvgIpc) is 2.50. The molecule has 10 heteroatoms. The van der Waals surface area contributed by atoms with Crippen molar-refractivity contribution < 1.29 is 41.4 Å². The third-order valence-corrected chi connectivity index (χ3v) is 3.14. The fourth-order valence-electron chi connectivity index (χ4n) is 1.98. The number of alkyl halides is 5. The molecule has 1 aromatic carbocycles. The molecule has 128 valence electrons. The number of carbonyl (C=O) groups excluding carboxylic acids is 2. The number of carbonyl (C=O) groups is 2. The highest BCUT2D eigenvalue weighted by Gasteiger charge is 2.74. The largest absolute Gasteiger partial charge is 0.467 e. The van der Waals surface area contributed by atoms with Crippen LogP contribution in [0.2, 0.25) is 0 Å². The minimum Gasteiger partial charge on any atom is -0.467 e. The van der Waals surface area contributed by atoms with E-state index < -0.39 is 35.3 Å². The molecule has 0 aliphatic carbocycles. The van der Waals surface area contributed by atoms with Crippen LogP contribution in [-0.2, 0) is 19.9 Å². The van der Waals surface area contributed by atoms with Crippen LogP contribution in [0.1, 0.15) is 5.56 Å². The van der Waals surface area contributed by atoms with Crippen LogP contribution in [0.3, 0.4) is 0 Å². The van der Waals surface area contributed by atoms with Gasteiger partial charge in [-0.2, -0.15) is 22.0 Å². The number of benzene rings is 1. The van der Waals surface area contributed by atoms with Gasteiger partial charge in [-0.1, -0.05) is 30.3 Å². The van der Waals surface area contributed by atoms with Crippen molar-refractivity contribution >= 4 is 12.4 Å². The standard InChI is InChI=1S/C13H12F5NO4/c1-23-10(21)9(19-7-20)11(22,8-5-3-2-4-6-8)12(14,15)13(16,17)18/h2-7,9,22H,1H3,(H,19,20)/t9-,11+/m0/s1. The van der Waals surface area contributed by atoms with Gasteiger partial charge in [0, 0.05) is 0 Å². The molecule has 0 spiro atoms. The molecule has 0 saturated heterocycles. The Hall–Kier alpha value is -2.23. The maximum Gasteiger partial charge on any atom is 0.456 e.